The molecule has 0 radical (unpaired) electrons. The topological polar surface area (TPSA) is 72.8 Å². The molecule has 0 aliphatic carbocycles. The summed E-state index contributed by atoms with van der Waals surface area (Å²) in [6.07, 6.45) is 0. The minimum atomic E-state index is -3.99. The predicted molar refractivity (Wildman–Crippen MR) is 90.5 cm³/mol. The van der Waals surface area contributed by atoms with Crippen LogP contribution in [0.4, 0.5) is 4.39 Å². The average molecular weight is 358 g/mol. The Hall–Kier alpha value is -0.955. The smallest absolute Gasteiger partial charge is 0.399 e. The molecule has 1 aliphatic rings. The van der Waals surface area contributed by atoms with E-state index >= 15 is 0 Å². The van der Waals surface area contributed by atoms with E-state index in [9.17, 15) is 17.9 Å². The molecule has 1 aliphatic heterocycles. The lowest BCUT2D eigenvalue weighted by molar-refractivity contribution is 0.00578. The van der Waals surface area contributed by atoms with E-state index in [1.54, 1.807) is 0 Å². The Balaban J connectivity index is 2.44. The highest BCUT2D eigenvalue weighted by Gasteiger charge is 2.52. The molecule has 0 saturated carbocycles. The van der Waals surface area contributed by atoms with Gasteiger partial charge in [0.05, 0.1) is 22.6 Å². The fourth-order valence-corrected chi connectivity index (χ4v) is 4.23. The second-order valence-electron chi connectivity index (χ2n) is 7.82. The second kappa shape index (κ2) is 5.80. The molecule has 24 heavy (non-hydrogen) atoms. The van der Waals surface area contributed by atoms with Crippen LogP contribution in [0, 0.1) is 5.82 Å². The number of halogens is 1. The molecule has 1 aromatic carbocycles. The van der Waals surface area contributed by atoms with Crippen molar-refractivity contribution in [3.05, 3.63) is 24.0 Å². The Morgan fingerprint density at radius 1 is 1.17 bits per heavy atom. The lowest BCUT2D eigenvalue weighted by Gasteiger charge is -2.32. The minimum Gasteiger partial charge on any atom is -0.399 e. The molecule has 0 atom stereocenters. The van der Waals surface area contributed by atoms with Gasteiger partial charge in [0.25, 0.3) is 0 Å². The first-order valence-corrected chi connectivity index (χ1v) is 9.41. The van der Waals surface area contributed by atoms with E-state index in [-0.39, 0.29) is 5.46 Å². The van der Waals surface area contributed by atoms with Crippen LogP contribution >= 0.6 is 0 Å². The number of hydrogen-bond donors (Lipinski definition) is 1. The normalized spacial score (nSPS) is 20.4. The summed E-state index contributed by atoms with van der Waals surface area (Å²) in [7, 11) is -4.99. The zero-order valence-electron chi connectivity index (χ0n) is 14.9. The molecule has 1 aromatic rings. The molecule has 8 heteroatoms. The summed E-state index contributed by atoms with van der Waals surface area (Å²) in [5.74, 6) is -1.48. The molecular weight excluding hydrogens is 334 g/mol. The van der Waals surface area contributed by atoms with Crippen LogP contribution < -0.4 is 5.46 Å². The van der Waals surface area contributed by atoms with E-state index in [0.29, 0.717) is 0 Å². The van der Waals surface area contributed by atoms with Gasteiger partial charge in [0.15, 0.2) is 9.84 Å². The van der Waals surface area contributed by atoms with Gasteiger partial charge in [0.2, 0.25) is 0 Å². The lowest BCUT2D eigenvalue weighted by atomic mass is 9.79. The van der Waals surface area contributed by atoms with Crippen molar-refractivity contribution < 1.29 is 27.2 Å². The Morgan fingerprint density at radius 2 is 1.67 bits per heavy atom. The Morgan fingerprint density at radius 3 is 2.12 bits per heavy atom. The highest BCUT2D eigenvalue weighted by Crippen LogP contribution is 2.36. The van der Waals surface area contributed by atoms with Crippen molar-refractivity contribution in [2.24, 2.45) is 0 Å². The van der Waals surface area contributed by atoms with E-state index in [4.69, 9.17) is 9.31 Å². The van der Waals surface area contributed by atoms with Gasteiger partial charge >= 0.3 is 7.12 Å². The second-order valence-corrected chi connectivity index (χ2v) is 9.78. The van der Waals surface area contributed by atoms with E-state index in [1.807, 2.05) is 27.7 Å². The third-order valence-electron chi connectivity index (χ3n) is 4.38. The summed E-state index contributed by atoms with van der Waals surface area (Å²) >= 11 is 0. The number of sulfone groups is 1. The first-order chi connectivity index (χ1) is 10.7. The van der Waals surface area contributed by atoms with Crippen molar-refractivity contribution in [3.8, 4) is 0 Å². The van der Waals surface area contributed by atoms with Gasteiger partial charge < -0.3 is 14.4 Å². The van der Waals surface area contributed by atoms with E-state index in [1.165, 1.54) is 32.0 Å². The van der Waals surface area contributed by atoms with Gasteiger partial charge in [-0.25, -0.2) is 12.8 Å². The van der Waals surface area contributed by atoms with Gasteiger partial charge in [-0.3, -0.25) is 0 Å². The van der Waals surface area contributed by atoms with Crippen LogP contribution in [0.25, 0.3) is 0 Å². The van der Waals surface area contributed by atoms with E-state index in [2.05, 4.69) is 0 Å². The number of hydrogen-bond acceptors (Lipinski definition) is 5. The number of rotatable bonds is 4. The molecule has 1 N–H and O–H groups in total. The van der Waals surface area contributed by atoms with Gasteiger partial charge in [0.1, 0.15) is 10.7 Å². The quantitative estimate of drug-likeness (QED) is 0.829. The SMILES string of the molecule is CC(C)(O)CS(=O)(=O)c1cccc(B2OC(C)(C)C(C)(C)O2)c1F. The summed E-state index contributed by atoms with van der Waals surface area (Å²) in [5, 5.41) is 9.77. The molecule has 0 spiro atoms. The van der Waals surface area contributed by atoms with Crippen molar-refractivity contribution >= 4 is 22.4 Å². The van der Waals surface area contributed by atoms with Gasteiger partial charge in [0, 0.05) is 5.46 Å². The molecule has 1 fully saturated rings. The summed E-state index contributed by atoms with van der Waals surface area (Å²) in [6.45, 7) is 10.1. The molecule has 0 aromatic heterocycles. The van der Waals surface area contributed by atoms with Crippen LogP contribution in [0.5, 0.6) is 0 Å². The lowest BCUT2D eigenvalue weighted by Crippen LogP contribution is -2.41. The summed E-state index contributed by atoms with van der Waals surface area (Å²) in [6, 6.07) is 4.08. The van der Waals surface area contributed by atoms with Gasteiger partial charge in [-0.15, -0.1) is 0 Å². The Kier molecular flexibility index (Phi) is 4.68. The largest absolute Gasteiger partial charge is 0.497 e. The van der Waals surface area contributed by atoms with Crippen LogP contribution in [0.3, 0.4) is 0 Å². The van der Waals surface area contributed by atoms with Crippen LogP contribution in [0.1, 0.15) is 41.5 Å². The fraction of sp³-hybridized carbons (Fsp3) is 0.625. The van der Waals surface area contributed by atoms with Crippen LogP contribution in [0.15, 0.2) is 23.1 Å². The zero-order chi connectivity index (χ0) is 18.6. The maximum atomic E-state index is 14.9. The maximum Gasteiger partial charge on any atom is 0.497 e. The van der Waals surface area contributed by atoms with Gasteiger partial charge in [-0.05, 0) is 47.6 Å². The van der Waals surface area contributed by atoms with Gasteiger partial charge in [-0.2, -0.15) is 0 Å². The molecule has 1 saturated heterocycles. The predicted octanol–water partition coefficient (Wildman–Crippen LogP) is 1.67. The molecule has 0 unspecified atom stereocenters. The third kappa shape index (κ3) is 3.66. The van der Waals surface area contributed by atoms with Crippen molar-refractivity contribution in [3.63, 3.8) is 0 Å². The molecule has 2 rings (SSSR count). The Labute approximate surface area is 143 Å². The summed E-state index contributed by atoms with van der Waals surface area (Å²) < 4.78 is 51.3. The first kappa shape index (κ1) is 19.4. The molecule has 1 heterocycles. The van der Waals surface area contributed by atoms with Crippen LogP contribution in [-0.4, -0.2) is 43.2 Å². The summed E-state index contributed by atoms with van der Waals surface area (Å²) in [5.41, 5.74) is -2.76. The molecule has 134 valence electrons. The van der Waals surface area contributed by atoms with Crippen LogP contribution in [0.2, 0.25) is 0 Å². The molecule has 0 bridgehead atoms. The fourth-order valence-electron chi connectivity index (χ4n) is 2.46. The zero-order valence-corrected chi connectivity index (χ0v) is 15.7. The Bertz CT molecular complexity index is 721. The first-order valence-electron chi connectivity index (χ1n) is 7.75. The highest BCUT2D eigenvalue weighted by molar-refractivity contribution is 7.91. The van der Waals surface area contributed by atoms with Gasteiger partial charge in [-0.1, -0.05) is 12.1 Å². The maximum absolute atomic E-state index is 14.9. The minimum absolute atomic E-state index is 0.0328. The van der Waals surface area contributed by atoms with E-state index in [0.717, 1.165) is 0 Å². The average Bonchev–Trinajstić information content (AvgIpc) is 2.55. The number of benzene rings is 1. The summed E-state index contributed by atoms with van der Waals surface area (Å²) in [4.78, 5) is -0.461. The highest BCUT2D eigenvalue weighted by atomic mass is 32.2. The molecule has 5 nitrogen and oxygen atoms in total. The van der Waals surface area contributed by atoms with Crippen LogP contribution in [-0.2, 0) is 19.1 Å². The van der Waals surface area contributed by atoms with Crippen molar-refractivity contribution in [2.45, 2.75) is 63.2 Å². The molecule has 0 amide bonds. The van der Waals surface area contributed by atoms with E-state index < -0.39 is 50.2 Å². The number of aliphatic hydroxyl groups is 1. The molecular formula is C16H24BFO5S. The van der Waals surface area contributed by atoms with Crippen molar-refractivity contribution in [1.29, 1.82) is 0 Å². The standard InChI is InChI=1S/C16H24BFO5S/c1-14(2,19)10-24(20,21)12-9-7-8-11(13(12)18)17-22-15(3,4)16(5,6)23-17/h7-9,19H,10H2,1-6H3. The van der Waals surface area contributed by atoms with Crippen molar-refractivity contribution in [1.82, 2.24) is 0 Å². The van der Waals surface area contributed by atoms with Crippen molar-refractivity contribution in [2.75, 3.05) is 5.75 Å². The monoisotopic (exact) mass is 358 g/mol. The third-order valence-corrected chi connectivity index (χ3v) is 6.45.